The first-order chi connectivity index (χ1) is 8.25. The van der Waals surface area contributed by atoms with Crippen molar-refractivity contribution < 1.29 is 4.92 Å². The fraction of sp³-hybridized carbons (Fsp3) is 0.417. The van der Waals surface area contributed by atoms with Gasteiger partial charge in [-0.05, 0) is 24.5 Å². The van der Waals surface area contributed by atoms with E-state index in [1.807, 2.05) is 6.07 Å². The van der Waals surface area contributed by atoms with E-state index < -0.39 is 0 Å². The Bertz CT molecular complexity index is 510. The van der Waals surface area contributed by atoms with E-state index in [1.165, 1.54) is 0 Å². The molecule has 0 fully saturated rings. The molecule has 3 rings (SSSR count). The van der Waals surface area contributed by atoms with Crippen LogP contribution in [0.1, 0.15) is 18.4 Å². The van der Waals surface area contributed by atoms with Gasteiger partial charge < -0.3 is 4.90 Å². The highest BCUT2D eigenvalue weighted by molar-refractivity contribution is 6.00. The molecule has 5 nitrogen and oxygen atoms in total. The van der Waals surface area contributed by atoms with Gasteiger partial charge in [0.25, 0.3) is 5.69 Å². The number of hydrogen-bond acceptors (Lipinski definition) is 4. The van der Waals surface area contributed by atoms with E-state index in [-0.39, 0.29) is 10.6 Å². The number of amidine groups is 1. The fourth-order valence-electron chi connectivity index (χ4n) is 2.51. The van der Waals surface area contributed by atoms with Crippen LogP contribution in [0.15, 0.2) is 23.2 Å². The predicted octanol–water partition coefficient (Wildman–Crippen LogP) is 2.15. The van der Waals surface area contributed by atoms with Crippen LogP contribution < -0.4 is 4.90 Å². The van der Waals surface area contributed by atoms with E-state index >= 15 is 0 Å². The Balaban J connectivity index is 1.95. The van der Waals surface area contributed by atoms with E-state index in [4.69, 9.17) is 0 Å². The van der Waals surface area contributed by atoms with Crippen molar-refractivity contribution in [2.24, 2.45) is 4.99 Å². The van der Waals surface area contributed by atoms with E-state index in [0.29, 0.717) is 0 Å². The lowest BCUT2D eigenvalue weighted by Gasteiger charge is -2.18. The molecule has 0 saturated heterocycles. The Morgan fingerprint density at radius 2 is 2.24 bits per heavy atom. The summed E-state index contributed by atoms with van der Waals surface area (Å²) in [6.45, 7) is 1.81. The van der Waals surface area contributed by atoms with Crippen LogP contribution in [-0.4, -0.2) is 23.8 Å². The maximum Gasteiger partial charge on any atom is 0.269 e. The zero-order valence-electron chi connectivity index (χ0n) is 9.43. The third-order valence-electron chi connectivity index (χ3n) is 3.33. The summed E-state index contributed by atoms with van der Waals surface area (Å²) >= 11 is 0. The molecule has 2 aliphatic heterocycles. The molecule has 0 saturated carbocycles. The number of rotatable bonds is 1. The minimum absolute atomic E-state index is 0.180. The number of benzene rings is 1. The van der Waals surface area contributed by atoms with Gasteiger partial charge in [0.1, 0.15) is 5.84 Å². The zero-order valence-corrected chi connectivity index (χ0v) is 9.43. The Labute approximate surface area is 98.9 Å². The van der Waals surface area contributed by atoms with Crippen molar-refractivity contribution >= 4 is 17.2 Å². The molecule has 0 spiro atoms. The molecule has 1 aromatic carbocycles. The summed E-state index contributed by atoms with van der Waals surface area (Å²) in [4.78, 5) is 17.1. The van der Waals surface area contributed by atoms with Crippen molar-refractivity contribution in [2.75, 3.05) is 18.0 Å². The molecule has 0 bridgehead atoms. The minimum Gasteiger partial charge on any atom is -0.330 e. The third kappa shape index (κ3) is 1.67. The summed E-state index contributed by atoms with van der Waals surface area (Å²) in [6, 6.07) is 5.11. The topological polar surface area (TPSA) is 58.7 Å². The van der Waals surface area contributed by atoms with E-state index in [0.717, 1.165) is 49.4 Å². The first-order valence-corrected chi connectivity index (χ1v) is 5.84. The number of fused-ring (bicyclic) bond motifs is 1. The van der Waals surface area contributed by atoms with Crippen molar-refractivity contribution in [2.45, 2.75) is 19.3 Å². The molecule has 2 heterocycles. The van der Waals surface area contributed by atoms with E-state index in [2.05, 4.69) is 9.89 Å². The summed E-state index contributed by atoms with van der Waals surface area (Å²) in [5, 5.41) is 10.7. The van der Waals surface area contributed by atoms with Crippen LogP contribution >= 0.6 is 0 Å². The zero-order chi connectivity index (χ0) is 11.8. The van der Waals surface area contributed by atoms with Gasteiger partial charge in [-0.25, -0.2) is 0 Å². The van der Waals surface area contributed by atoms with Crippen LogP contribution in [0, 0.1) is 10.1 Å². The molecule has 0 N–H and O–H groups in total. The van der Waals surface area contributed by atoms with Gasteiger partial charge in [0.15, 0.2) is 0 Å². The van der Waals surface area contributed by atoms with Gasteiger partial charge in [-0.3, -0.25) is 15.1 Å². The van der Waals surface area contributed by atoms with Crippen molar-refractivity contribution in [1.82, 2.24) is 0 Å². The number of nitrogens with zero attached hydrogens (tertiary/aromatic N) is 3. The monoisotopic (exact) mass is 231 g/mol. The standard InChI is InChI=1S/C12H13N3O2/c16-15(17)10-3-4-11-9(8-10)5-7-14(11)12-2-1-6-13-12/h3-4,8H,1-2,5-7H2. The molecule has 0 amide bonds. The molecule has 17 heavy (non-hydrogen) atoms. The molecular formula is C12H13N3O2. The fourth-order valence-corrected chi connectivity index (χ4v) is 2.51. The Hall–Kier alpha value is -1.91. The maximum atomic E-state index is 10.7. The van der Waals surface area contributed by atoms with Crippen molar-refractivity contribution in [1.29, 1.82) is 0 Å². The molecule has 88 valence electrons. The normalized spacial score (nSPS) is 18.1. The van der Waals surface area contributed by atoms with Gasteiger partial charge in [0, 0.05) is 37.3 Å². The smallest absolute Gasteiger partial charge is 0.269 e. The highest BCUT2D eigenvalue weighted by atomic mass is 16.6. The highest BCUT2D eigenvalue weighted by Crippen LogP contribution is 2.32. The highest BCUT2D eigenvalue weighted by Gasteiger charge is 2.25. The average Bonchev–Trinajstić information content (AvgIpc) is 2.96. The molecule has 0 atom stereocenters. The van der Waals surface area contributed by atoms with Gasteiger partial charge in [0.05, 0.1) is 4.92 Å². The number of non-ortho nitro benzene ring substituents is 1. The maximum absolute atomic E-state index is 10.7. The summed E-state index contributed by atoms with van der Waals surface area (Å²) in [7, 11) is 0. The number of hydrogen-bond donors (Lipinski definition) is 0. The molecule has 2 aliphatic rings. The van der Waals surface area contributed by atoms with Crippen molar-refractivity contribution in [3.63, 3.8) is 0 Å². The second-order valence-electron chi connectivity index (χ2n) is 4.37. The SMILES string of the molecule is O=[N+]([O-])c1ccc2c(c1)CCN2C1=NCCC1. The molecule has 0 aromatic heterocycles. The van der Waals surface area contributed by atoms with Crippen LogP contribution in [0.4, 0.5) is 11.4 Å². The summed E-state index contributed by atoms with van der Waals surface area (Å²) in [5.74, 6) is 1.14. The summed E-state index contributed by atoms with van der Waals surface area (Å²) in [6.07, 6.45) is 3.01. The first-order valence-electron chi connectivity index (χ1n) is 5.84. The number of nitro groups is 1. The van der Waals surface area contributed by atoms with Crippen LogP contribution in [-0.2, 0) is 6.42 Å². The lowest BCUT2D eigenvalue weighted by molar-refractivity contribution is -0.384. The van der Waals surface area contributed by atoms with Gasteiger partial charge >= 0.3 is 0 Å². The van der Waals surface area contributed by atoms with Gasteiger partial charge in [-0.1, -0.05) is 0 Å². The largest absolute Gasteiger partial charge is 0.330 e. The van der Waals surface area contributed by atoms with E-state index in [9.17, 15) is 10.1 Å². The lowest BCUT2D eigenvalue weighted by atomic mass is 10.1. The summed E-state index contributed by atoms with van der Waals surface area (Å²) in [5.41, 5.74) is 2.34. The quantitative estimate of drug-likeness (QED) is 0.549. The van der Waals surface area contributed by atoms with Crippen molar-refractivity contribution in [3.8, 4) is 0 Å². The van der Waals surface area contributed by atoms with Crippen LogP contribution in [0.3, 0.4) is 0 Å². The number of nitro benzene ring substituents is 1. The Kier molecular flexibility index (Phi) is 2.31. The number of aliphatic imine (C=N–C) groups is 1. The van der Waals surface area contributed by atoms with Crippen LogP contribution in [0.2, 0.25) is 0 Å². The van der Waals surface area contributed by atoms with Crippen LogP contribution in [0.5, 0.6) is 0 Å². The Morgan fingerprint density at radius 3 is 2.94 bits per heavy atom. The lowest BCUT2D eigenvalue weighted by Crippen LogP contribution is -2.27. The predicted molar refractivity (Wildman–Crippen MR) is 65.7 cm³/mol. The molecule has 1 aromatic rings. The molecule has 5 heteroatoms. The van der Waals surface area contributed by atoms with E-state index in [1.54, 1.807) is 12.1 Å². The van der Waals surface area contributed by atoms with Gasteiger partial charge in [-0.2, -0.15) is 0 Å². The van der Waals surface area contributed by atoms with Crippen LogP contribution in [0.25, 0.3) is 0 Å². The first kappa shape index (κ1) is 10.3. The molecule has 0 unspecified atom stereocenters. The van der Waals surface area contributed by atoms with Gasteiger partial charge in [-0.15, -0.1) is 0 Å². The Morgan fingerprint density at radius 1 is 1.35 bits per heavy atom. The molecule has 0 aliphatic carbocycles. The second kappa shape index (κ2) is 3.84. The summed E-state index contributed by atoms with van der Waals surface area (Å²) < 4.78 is 0. The third-order valence-corrected chi connectivity index (χ3v) is 3.33. The molecular weight excluding hydrogens is 218 g/mol. The average molecular weight is 231 g/mol. The number of anilines is 1. The van der Waals surface area contributed by atoms with Crippen molar-refractivity contribution in [3.05, 3.63) is 33.9 Å². The van der Waals surface area contributed by atoms with Gasteiger partial charge in [0.2, 0.25) is 0 Å². The molecule has 0 radical (unpaired) electrons. The second-order valence-corrected chi connectivity index (χ2v) is 4.37. The minimum atomic E-state index is -0.337.